The summed E-state index contributed by atoms with van der Waals surface area (Å²) in [5, 5.41) is 3.49. The first-order chi connectivity index (χ1) is 9.85. The number of hydrogen-bond acceptors (Lipinski definition) is 2. The van der Waals surface area contributed by atoms with E-state index < -0.39 is 5.54 Å². The Labute approximate surface area is 135 Å². The zero-order valence-corrected chi connectivity index (χ0v) is 14.6. The SMILES string of the molecule is CC1CCC(C(C)C)C(Nc2ccc(Br)cc2)(C(N)=O)C1. The summed E-state index contributed by atoms with van der Waals surface area (Å²) >= 11 is 3.44. The number of benzene rings is 1. The molecule has 0 aromatic heterocycles. The number of hydrogen-bond donors (Lipinski definition) is 2. The molecule has 1 saturated carbocycles. The van der Waals surface area contributed by atoms with Crippen molar-refractivity contribution in [3.63, 3.8) is 0 Å². The quantitative estimate of drug-likeness (QED) is 0.853. The molecule has 1 aliphatic rings. The molecule has 0 spiro atoms. The van der Waals surface area contributed by atoms with Crippen molar-refractivity contribution in [3.8, 4) is 0 Å². The lowest BCUT2D eigenvalue weighted by Gasteiger charge is -2.47. The Morgan fingerprint density at radius 1 is 1.33 bits per heavy atom. The zero-order valence-electron chi connectivity index (χ0n) is 13.0. The Bertz CT molecular complexity index is 500. The average molecular weight is 353 g/mol. The van der Waals surface area contributed by atoms with Crippen LogP contribution in [0, 0.1) is 17.8 Å². The highest BCUT2D eigenvalue weighted by molar-refractivity contribution is 9.10. The second kappa shape index (κ2) is 6.39. The molecule has 0 radical (unpaired) electrons. The molecule has 1 fully saturated rings. The topological polar surface area (TPSA) is 55.1 Å². The molecule has 3 nitrogen and oxygen atoms in total. The van der Waals surface area contributed by atoms with E-state index in [1.54, 1.807) is 0 Å². The number of nitrogens with one attached hydrogen (secondary N) is 1. The van der Waals surface area contributed by atoms with E-state index in [2.05, 4.69) is 42.0 Å². The van der Waals surface area contributed by atoms with E-state index in [0.717, 1.165) is 23.0 Å². The van der Waals surface area contributed by atoms with Crippen LogP contribution in [0.2, 0.25) is 0 Å². The molecule has 0 bridgehead atoms. The van der Waals surface area contributed by atoms with Gasteiger partial charge in [0.1, 0.15) is 5.54 Å². The highest BCUT2D eigenvalue weighted by atomic mass is 79.9. The van der Waals surface area contributed by atoms with Crippen molar-refractivity contribution in [1.29, 1.82) is 0 Å². The minimum atomic E-state index is -0.639. The molecule has 1 aliphatic carbocycles. The van der Waals surface area contributed by atoms with Gasteiger partial charge in [0, 0.05) is 10.2 Å². The molecule has 0 saturated heterocycles. The van der Waals surface area contributed by atoms with Crippen molar-refractivity contribution in [2.45, 2.75) is 45.6 Å². The standard InChI is InChI=1S/C17H25BrN2O/c1-11(2)15-9-4-12(3)10-17(15,16(19)21)20-14-7-5-13(18)6-8-14/h5-8,11-12,15,20H,4,9-10H2,1-3H3,(H2,19,21). The van der Waals surface area contributed by atoms with Crippen molar-refractivity contribution in [2.24, 2.45) is 23.5 Å². The van der Waals surface area contributed by atoms with Crippen molar-refractivity contribution >= 4 is 27.5 Å². The summed E-state index contributed by atoms with van der Waals surface area (Å²) < 4.78 is 1.03. The second-order valence-electron chi connectivity index (χ2n) is 6.70. The van der Waals surface area contributed by atoms with Gasteiger partial charge >= 0.3 is 0 Å². The van der Waals surface area contributed by atoms with Gasteiger partial charge in [0.25, 0.3) is 0 Å². The minimum absolute atomic E-state index is 0.226. The van der Waals surface area contributed by atoms with Crippen LogP contribution >= 0.6 is 15.9 Å². The molecular weight excluding hydrogens is 328 g/mol. The van der Waals surface area contributed by atoms with Gasteiger partial charge in [0.05, 0.1) is 0 Å². The molecule has 1 aromatic rings. The van der Waals surface area contributed by atoms with Gasteiger partial charge in [0.15, 0.2) is 0 Å². The fourth-order valence-corrected chi connectivity index (χ4v) is 3.96. The molecule has 3 unspecified atom stereocenters. The molecule has 0 aliphatic heterocycles. The van der Waals surface area contributed by atoms with Crippen LogP contribution in [0.5, 0.6) is 0 Å². The Balaban J connectivity index is 2.36. The van der Waals surface area contributed by atoms with Gasteiger partial charge in [-0.15, -0.1) is 0 Å². The van der Waals surface area contributed by atoms with E-state index in [1.165, 1.54) is 6.42 Å². The first-order valence-corrected chi connectivity index (χ1v) is 8.48. The highest BCUT2D eigenvalue weighted by Gasteiger charge is 2.48. The van der Waals surface area contributed by atoms with E-state index in [-0.39, 0.29) is 11.8 Å². The third kappa shape index (κ3) is 3.42. The summed E-state index contributed by atoms with van der Waals surface area (Å²) in [4.78, 5) is 12.4. The first kappa shape index (κ1) is 16.3. The molecule has 116 valence electrons. The van der Waals surface area contributed by atoms with Crippen LogP contribution in [0.3, 0.4) is 0 Å². The molecule has 1 aromatic carbocycles. The van der Waals surface area contributed by atoms with Gasteiger partial charge in [-0.2, -0.15) is 0 Å². The minimum Gasteiger partial charge on any atom is -0.371 e. The number of primary amides is 1. The maximum Gasteiger partial charge on any atom is 0.243 e. The zero-order chi connectivity index (χ0) is 15.6. The molecule has 0 heterocycles. The molecule has 4 heteroatoms. The summed E-state index contributed by atoms with van der Waals surface area (Å²) in [5.74, 6) is 0.980. The number of carbonyl (C=O) groups is 1. The van der Waals surface area contributed by atoms with Gasteiger partial charge < -0.3 is 11.1 Å². The van der Waals surface area contributed by atoms with Crippen LogP contribution in [0.1, 0.15) is 40.0 Å². The van der Waals surface area contributed by atoms with E-state index in [4.69, 9.17) is 5.73 Å². The van der Waals surface area contributed by atoms with Gasteiger partial charge in [-0.1, -0.05) is 43.1 Å². The van der Waals surface area contributed by atoms with Crippen molar-refractivity contribution in [1.82, 2.24) is 0 Å². The molecule has 21 heavy (non-hydrogen) atoms. The summed E-state index contributed by atoms with van der Waals surface area (Å²) in [7, 11) is 0. The number of amides is 1. The van der Waals surface area contributed by atoms with Crippen molar-refractivity contribution < 1.29 is 4.79 Å². The van der Waals surface area contributed by atoms with Crippen LogP contribution < -0.4 is 11.1 Å². The van der Waals surface area contributed by atoms with E-state index in [0.29, 0.717) is 11.8 Å². The Morgan fingerprint density at radius 2 is 1.95 bits per heavy atom. The fraction of sp³-hybridized carbons (Fsp3) is 0.588. The van der Waals surface area contributed by atoms with E-state index in [9.17, 15) is 4.79 Å². The van der Waals surface area contributed by atoms with Crippen LogP contribution in [-0.4, -0.2) is 11.4 Å². The van der Waals surface area contributed by atoms with Crippen molar-refractivity contribution in [3.05, 3.63) is 28.7 Å². The lowest BCUT2D eigenvalue weighted by molar-refractivity contribution is -0.126. The number of rotatable bonds is 4. The van der Waals surface area contributed by atoms with Gasteiger partial charge in [0.2, 0.25) is 5.91 Å². The van der Waals surface area contributed by atoms with Crippen LogP contribution in [0.15, 0.2) is 28.7 Å². The highest BCUT2D eigenvalue weighted by Crippen LogP contribution is 2.43. The summed E-state index contributed by atoms with van der Waals surface area (Å²) in [6.45, 7) is 6.57. The molecule has 2 rings (SSSR count). The fourth-order valence-electron chi connectivity index (χ4n) is 3.70. The largest absolute Gasteiger partial charge is 0.371 e. The predicted octanol–water partition coefficient (Wildman–Crippen LogP) is 4.18. The predicted molar refractivity (Wildman–Crippen MR) is 91.0 cm³/mol. The van der Waals surface area contributed by atoms with Crippen LogP contribution in [0.25, 0.3) is 0 Å². The van der Waals surface area contributed by atoms with Gasteiger partial charge in [-0.3, -0.25) is 4.79 Å². The number of nitrogens with two attached hydrogens (primary N) is 1. The molecular formula is C17H25BrN2O. The normalized spacial score (nSPS) is 29.4. The lowest BCUT2D eigenvalue weighted by atomic mass is 9.64. The van der Waals surface area contributed by atoms with Crippen molar-refractivity contribution in [2.75, 3.05) is 5.32 Å². The van der Waals surface area contributed by atoms with E-state index in [1.807, 2.05) is 24.3 Å². The maximum atomic E-state index is 12.4. The second-order valence-corrected chi connectivity index (χ2v) is 7.62. The average Bonchev–Trinajstić information content (AvgIpc) is 2.41. The maximum absolute atomic E-state index is 12.4. The summed E-state index contributed by atoms with van der Waals surface area (Å²) in [6.07, 6.45) is 3.02. The number of anilines is 1. The summed E-state index contributed by atoms with van der Waals surface area (Å²) in [5.41, 5.74) is 6.18. The molecule has 3 atom stereocenters. The van der Waals surface area contributed by atoms with Crippen LogP contribution in [0.4, 0.5) is 5.69 Å². The van der Waals surface area contributed by atoms with E-state index >= 15 is 0 Å². The Hall–Kier alpha value is -1.03. The number of carbonyl (C=O) groups excluding carboxylic acids is 1. The van der Waals surface area contributed by atoms with Gasteiger partial charge in [-0.25, -0.2) is 0 Å². The number of halogens is 1. The van der Waals surface area contributed by atoms with Gasteiger partial charge in [-0.05, 0) is 54.9 Å². The summed E-state index contributed by atoms with van der Waals surface area (Å²) in [6, 6.07) is 7.94. The third-order valence-electron chi connectivity index (χ3n) is 4.73. The monoisotopic (exact) mass is 352 g/mol. The Kier molecular flexibility index (Phi) is 4.97. The molecule has 1 amide bonds. The lowest BCUT2D eigenvalue weighted by Crippen LogP contribution is -2.60. The smallest absolute Gasteiger partial charge is 0.243 e. The van der Waals surface area contributed by atoms with Crippen LogP contribution in [-0.2, 0) is 4.79 Å². The molecule has 3 N–H and O–H groups in total. The first-order valence-electron chi connectivity index (χ1n) is 7.69. The third-order valence-corrected chi connectivity index (χ3v) is 5.26. The Morgan fingerprint density at radius 3 is 2.48 bits per heavy atom.